The predicted molar refractivity (Wildman–Crippen MR) is 98.7 cm³/mol. The molecule has 140 valence electrons. The van der Waals surface area contributed by atoms with E-state index in [0.29, 0.717) is 10.6 Å². The van der Waals surface area contributed by atoms with E-state index in [0.717, 1.165) is 24.2 Å². The summed E-state index contributed by atoms with van der Waals surface area (Å²) in [6.07, 6.45) is 2.96. The zero-order valence-corrected chi connectivity index (χ0v) is 16.0. The van der Waals surface area contributed by atoms with Gasteiger partial charge in [-0.2, -0.15) is 0 Å². The summed E-state index contributed by atoms with van der Waals surface area (Å²) in [5.74, 6) is -0.655. The maximum Gasteiger partial charge on any atom is 0.325 e. The molecule has 0 unspecified atom stereocenters. The molecule has 0 aromatic heterocycles. The molecule has 2 aliphatic heterocycles. The Morgan fingerprint density at radius 1 is 1.23 bits per heavy atom. The Bertz CT molecular complexity index is 743. The maximum atomic E-state index is 13.0. The van der Waals surface area contributed by atoms with E-state index in [4.69, 9.17) is 11.6 Å². The molecule has 1 N–H and O–H groups in total. The summed E-state index contributed by atoms with van der Waals surface area (Å²) < 4.78 is 0. The molecular formula is C19H24ClN3O3. The van der Waals surface area contributed by atoms with Crippen molar-refractivity contribution in [3.05, 3.63) is 34.9 Å². The van der Waals surface area contributed by atoms with Gasteiger partial charge in [0.15, 0.2) is 0 Å². The average molecular weight is 378 g/mol. The van der Waals surface area contributed by atoms with Crippen molar-refractivity contribution in [1.82, 2.24) is 15.1 Å². The van der Waals surface area contributed by atoms with Crippen molar-refractivity contribution in [1.29, 1.82) is 0 Å². The van der Waals surface area contributed by atoms with E-state index < -0.39 is 17.5 Å². The molecule has 1 aromatic carbocycles. The van der Waals surface area contributed by atoms with Crippen LogP contribution < -0.4 is 5.32 Å². The molecule has 7 heteroatoms. The number of piperidine rings is 1. The fourth-order valence-corrected chi connectivity index (χ4v) is 4.34. The third-order valence-corrected chi connectivity index (χ3v) is 5.79. The molecule has 2 saturated heterocycles. The van der Waals surface area contributed by atoms with Crippen LogP contribution in [0.15, 0.2) is 24.3 Å². The number of carbonyl (C=O) groups is 3. The van der Waals surface area contributed by atoms with Crippen LogP contribution in [0, 0.1) is 0 Å². The highest BCUT2D eigenvalue weighted by molar-refractivity contribution is 6.32. The van der Waals surface area contributed by atoms with Crippen molar-refractivity contribution in [3.63, 3.8) is 0 Å². The number of benzene rings is 1. The second kappa shape index (κ2) is 6.91. The normalized spacial score (nSPS) is 29.1. The highest BCUT2D eigenvalue weighted by Crippen LogP contribution is 2.33. The number of rotatable bonds is 3. The number of likely N-dealkylation sites (tertiary alicyclic amines) is 1. The Hall–Kier alpha value is -2.08. The monoisotopic (exact) mass is 377 g/mol. The molecule has 0 aliphatic carbocycles. The lowest BCUT2D eigenvalue weighted by Gasteiger charge is -2.39. The first-order chi connectivity index (χ1) is 12.3. The number of carbonyl (C=O) groups excluding carboxylic acids is 3. The van der Waals surface area contributed by atoms with E-state index in [9.17, 15) is 14.4 Å². The van der Waals surface area contributed by atoms with Crippen LogP contribution in [0.3, 0.4) is 0 Å². The topological polar surface area (TPSA) is 69.7 Å². The molecule has 6 nitrogen and oxygen atoms in total. The van der Waals surface area contributed by atoms with E-state index >= 15 is 0 Å². The van der Waals surface area contributed by atoms with Gasteiger partial charge in [0.05, 0.1) is 0 Å². The SMILES string of the molecule is C[C@@H]1CCC[C@H](C)N1C(=O)CN1C(=O)N[C@](C)(c2ccccc2Cl)C1=O. The van der Waals surface area contributed by atoms with E-state index in [1.807, 2.05) is 13.8 Å². The fourth-order valence-electron chi connectivity index (χ4n) is 4.02. The molecular weight excluding hydrogens is 354 g/mol. The number of halogens is 1. The van der Waals surface area contributed by atoms with Crippen LogP contribution >= 0.6 is 11.6 Å². The van der Waals surface area contributed by atoms with Gasteiger partial charge in [-0.25, -0.2) is 4.79 Å². The Labute approximate surface area is 158 Å². The van der Waals surface area contributed by atoms with Gasteiger partial charge in [0.1, 0.15) is 12.1 Å². The minimum atomic E-state index is -1.27. The standard InChI is InChI=1S/C19H24ClN3O3/c1-12-7-6-8-13(2)23(12)16(24)11-22-17(25)19(3,21-18(22)26)14-9-4-5-10-15(14)20/h4-5,9-10,12-13H,6-8,11H2,1-3H3,(H,21,26)/t12-,13+,19-/m1/s1. The summed E-state index contributed by atoms with van der Waals surface area (Å²) in [6, 6.07) is 6.56. The fraction of sp³-hybridized carbons (Fsp3) is 0.526. The molecule has 2 aliphatic rings. The molecule has 0 saturated carbocycles. The number of nitrogens with one attached hydrogen (secondary N) is 1. The third kappa shape index (κ3) is 3.07. The van der Waals surface area contributed by atoms with Crippen molar-refractivity contribution in [3.8, 4) is 0 Å². The number of imide groups is 1. The second-order valence-electron chi connectivity index (χ2n) is 7.36. The molecule has 0 spiro atoms. The summed E-state index contributed by atoms with van der Waals surface area (Å²) in [5.41, 5.74) is -0.746. The van der Waals surface area contributed by atoms with E-state index in [2.05, 4.69) is 5.32 Å². The van der Waals surface area contributed by atoms with Crippen LogP contribution in [0.5, 0.6) is 0 Å². The largest absolute Gasteiger partial charge is 0.336 e. The third-order valence-electron chi connectivity index (χ3n) is 5.46. The Morgan fingerprint density at radius 3 is 2.46 bits per heavy atom. The first kappa shape index (κ1) is 18.7. The molecule has 3 rings (SSSR count). The van der Waals surface area contributed by atoms with E-state index in [-0.39, 0.29) is 24.5 Å². The lowest BCUT2D eigenvalue weighted by molar-refractivity contribution is -0.142. The number of nitrogens with zero attached hydrogens (tertiary/aromatic N) is 2. The van der Waals surface area contributed by atoms with Gasteiger partial charge in [0.2, 0.25) is 5.91 Å². The van der Waals surface area contributed by atoms with E-state index in [1.54, 1.807) is 36.1 Å². The molecule has 4 amide bonds. The van der Waals surface area contributed by atoms with Gasteiger partial charge in [-0.15, -0.1) is 0 Å². The van der Waals surface area contributed by atoms with Gasteiger partial charge < -0.3 is 10.2 Å². The molecule has 0 bridgehead atoms. The zero-order chi connectivity index (χ0) is 19.1. The van der Waals surface area contributed by atoms with Crippen molar-refractivity contribution in [2.45, 2.75) is 57.7 Å². The maximum absolute atomic E-state index is 13.0. The Kier molecular flexibility index (Phi) is 4.97. The molecule has 2 fully saturated rings. The minimum absolute atomic E-state index is 0.113. The Morgan fingerprint density at radius 2 is 1.85 bits per heavy atom. The molecule has 3 atom stereocenters. The number of hydrogen-bond acceptors (Lipinski definition) is 3. The van der Waals surface area contributed by atoms with Crippen LogP contribution in [0.4, 0.5) is 4.79 Å². The second-order valence-corrected chi connectivity index (χ2v) is 7.76. The Balaban J connectivity index is 1.81. The van der Waals surface area contributed by atoms with Crippen molar-refractivity contribution < 1.29 is 14.4 Å². The minimum Gasteiger partial charge on any atom is -0.336 e. The average Bonchev–Trinajstić information content (AvgIpc) is 2.79. The van der Waals surface area contributed by atoms with Crippen molar-refractivity contribution in [2.75, 3.05) is 6.54 Å². The lowest BCUT2D eigenvalue weighted by Crippen LogP contribution is -2.52. The van der Waals surface area contributed by atoms with Gasteiger partial charge in [-0.3, -0.25) is 14.5 Å². The molecule has 26 heavy (non-hydrogen) atoms. The quantitative estimate of drug-likeness (QED) is 0.823. The van der Waals surface area contributed by atoms with Gasteiger partial charge in [-0.05, 0) is 46.1 Å². The van der Waals surface area contributed by atoms with Crippen LogP contribution in [0.25, 0.3) is 0 Å². The molecule has 1 aromatic rings. The number of urea groups is 1. The summed E-state index contributed by atoms with van der Waals surface area (Å²) in [4.78, 5) is 41.0. The summed E-state index contributed by atoms with van der Waals surface area (Å²) in [5, 5.41) is 3.10. The highest BCUT2D eigenvalue weighted by Gasteiger charge is 2.50. The van der Waals surface area contributed by atoms with Crippen molar-refractivity contribution in [2.24, 2.45) is 0 Å². The predicted octanol–water partition coefficient (Wildman–Crippen LogP) is 2.90. The van der Waals surface area contributed by atoms with Gasteiger partial charge >= 0.3 is 6.03 Å². The highest BCUT2D eigenvalue weighted by atomic mass is 35.5. The van der Waals surface area contributed by atoms with Crippen LogP contribution in [-0.4, -0.2) is 46.3 Å². The van der Waals surface area contributed by atoms with Crippen LogP contribution in [0.1, 0.15) is 45.6 Å². The molecule has 0 radical (unpaired) electrons. The number of amides is 4. The summed E-state index contributed by atoms with van der Waals surface area (Å²) >= 11 is 6.22. The van der Waals surface area contributed by atoms with E-state index in [1.165, 1.54) is 0 Å². The van der Waals surface area contributed by atoms with Crippen LogP contribution in [0.2, 0.25) is 5.02 Å². The smallest absolute Gasteiger partial charge is 0.325 e. The molecule has 2 heterocycles. The lowest BCUT2D eigenvalue weighted by atomic mass is 9.92. The number of hydrogen-bond donors (Lipinski definition) is 1. The first-order valence-corrected chi connectivity index (χ1v) is 9.33. The first-order valence-electron chi connectivity index (χ1n) is 8.96. The van der Waals surface area contributed by atoms with Crippen LogP contribution in [-0.2, 0) is 15.1 Å². The summed E-state index contributed by atoms with van der Waals surface area (Å²) in [6.45, 7) is 5.38. The van der Waals surface area contributed by atoms with Crippen molar-refractivity contribution >= 4 is 29.4 Å². The van der Waals surface area contributed by atoms with Gasteiger partial charge in [-0.1, -0.05) is 29.8 Å². The zero-order valence-electron chi connectivity index (χ0n) is 15.3. The summed E-state index contributed by atoms with van der Waals surface area (Å²) in [7, 11) is 0. The van der Waals surface area contributed by atoms with Gasteiger partial charge in [0.25, 0.3) is 5.91 Å². The van der Waals surface area contributed by atoms with Gasteiger partial charge in [0, 0.05) is 22.7 Å².